The number of anilines is 3. The van der Waals surface area contributed by atoms with Crippen molar-refractivity contribution in [2.45, 2.75) is 26.3 Å². The van der Waals surface area contributed by atoms with Crippen LogP contribution in [0.25, 0.3) is 0 Å². The van der Waals surface area contributed by atoms with Crippen molar-refractivity contribution < 1.29 is 13.2 Å². The van der Waals surface area contributed by atoms with Gasteiger partial charge in [0.25, 0.3) is 0 Å². The highest BCUT2D eigenvalue weighted by molar-refractivity contribution is 7.91. The van der Waals surface area contributed by atoms with E-state index in [0.717, 1.165) is 5.69 Å². The molecule has 1 unspecified atom stereocenters. The molecule has 0 spiro atoms. The Hall–Kier alpha value is -2.55. The van der Waals surface area contributed by atoms with Gasteiger partial charge in [-0.2, -0.15) is 10.1 Å². The normalized spacial score (nSPS) is 18.5. The summed E-state index contributed by atoms with van der Waals surface area (Å²) >= 11 is 0. The van der Waals surface area contributed by atoms with Gasteiger partial charge in [0.15, 0.2) is 21.4 Å². The van der Waals surface area contributed by atoms with Crippen molar-refractivity contribution in [3.63, 3.8) is 0 Å². The van der Waals surface area contributed by atoms with E-state index in [2.05, 4.69) is 20.5 Å². The molecule has 2 aromatic rings. The molecule has 0 saturated carbocycles. The van der Waals surface area contributed by atoms with Crippen LogP contribution in [-0.4, -0.2) is 53.5 Å². The third-order valence-electron chi connectivity index (χ3n) is 4.34. The second kappa shape index (κ2) is 7.36. The SMILES string of the molecule is CCN(c1nncc(Nc2cccc(C(C)=O)c2)n1)C1CCS(=O)(=O)C1. The highest BCUT2D eigenvalue weighted by Crippen LogP contribution is 2.23. The Morgan fingerprint density at radius 2 is 2.19 bits per heavy atom. The Kier molecular flexibility index (Phi) is 5.17. The molecule has 1 N–H and O–H groups in total. The van der Waals surface area contributed by atoms with Gasteiger partial charge in [-0.15, -0.1) is 5.10 Å². The van der Waals surface area contributed by atoms with Gasteiger partial charge in [-0.3, -0.25) is 4.79 Å². The number of Topliss-reactive ketones (excluding diaryl/α,β-unsaturated/α-hetero) is 1. The number of benzene rings is 1. The van der Waals surface area contributed by atoms with Crippen molar-refractivity contribution >= 4 is 33.1 Å². The minimum absolute atomic E-state index is 0.0187. The maximum atomic E-state index is 11.8. The lowest BCUT2D eigenvalue weighted by molar-refractivity contribution is 0.101. The molecule has 26 heavy (non-hydrogen) atoms. The molecule has 138 valence electrons. The monoisotopic (exact) mass is 375 g/mol. The largest absolute Gasteiger partial charge is 0.339 e. The average Bonchev–Trinajstić information content (AvgIpc) is 2.96. The maximum absolute atomic E-state index is 11.8. The van der Waals surface area contributed by atoms with Crippen LogP contribution in [0.1, 0.15) is 30.6 Å². The van der Waals surface area contributed by atoms with E-state index >= 15 is 0 Å². The van der Waals surface area contributed by atoms with E-state index in [4.69, 9.17) is 0 Å². The fourth-order valence-corrected chi connectivity index (χ4v) is 4.75. The van der Waals surface area contributed by atoms with E-state index < -0.39 is 9.84 Å². The van der Waals surface area contributed by atoms with Crippen molar-refractivity contribution in [1.82, 2.24) is 15.2 Å². The lowest BCUT2D eigenvalue weighted by atomic mass is 10.1. The van der Waals surface area contributed by atoms with Crippen LogP contribution in [0.15, 0.2) is 30.5 Å². The Balaban J connectivity index is 1.81. The van der Waals surface area contributed by atoms with Gasteiger partial charge >= 0.3 is 0 Å². The highest BCUT2D eigenvalue weighted by Gasteiger charge is 2.33. The first-order chi connectivity index (χ1) is 12.4. The quantitative estimate of drug-likeness (QED) is 0.763. The molecule has 1 atom stereocenters. The van der Waals surface area contributed by atoms with E-state index in [9.17, 15) is 13.2 Å². The van der Waals surface area contributed by atoms with Crippen molar-refractivity contribution in [1.29, 1.82) is 0 Å². The first-order valence-electron chi connectivity index (χ1n) is 8.43. The van der Waals surface area contributed by atoms with Crippen molar-refractivity contribution in [3.8, 4) is 0 Å². The lowest BCUT2D eigenvalue weighted by Gasteiger charge is -2.26. The summed E-state index contributed by atoms with van der Waals surface area (Å²) in [5.41, 5.74) is 1.32. The van der Waals surface area contributed by atoms with Gasteiger partial charge in [-0.05, 0) is 32.4 Å². The van der Waals surface area contributed by atoms with E-state index in [1.165, 1.54) is 13.1 Å². The van der Waals surface area contributed by atoms with Crippen LogP contribution < -0.4 is 10.2 Å². The standard InChI is InChI=1S/C17H21N5O3S/c1-3-22(15-7-8-26(24,25)11-15)17-20-16(10-18-21-17)19-14-6-4-5-13(9-14)12(2)23/h4-6,9-10,15H,3,7-8,11H2,1-2H3,(H,19,20,21). The molecule has 0 bridgehead atoms. The molecular formula is C17H21N5O3S. The topological polar surface area (TPSA) is 105 Å². The summed E-state index contributed by atoms with van der Waals surface area (Å²) in [5, 5.41) is 11.2. The first-order valence-corrected chi connectivity index (χ1v) is 10.2. The van der Waals surface area contributed by atoms with E-state index in [1.807, 2.05) is 17.9 Å². The number of carbonyl (C=O) groups excluding carboxylic acids is 1. The number of aromatic nitrogens is 3. The minimum atomic E-state index is -3.00. The van der Waals surface area contributed by atoms with Crippen molar-refractivity contribution in [3.05, 3.63) is 36.0 Å². The molecular weight excluding hydrogens is 354 g/mol. The zero-order chi connectivity index (χ0) is 18.7. The maximum Gasteiger partial charge on any atom is 0.247 e. The fourth-order valence-electron chi connectivity index (χ4n) is 3.02. The summed E-state index contributed by atoms with van der Waals surface area (Å²) in [4.78, 5) is 17.8. The number of ketones is 1. The Morgan fingerprint density at radius 3 is 2.85 bits per heavy atom. The predicted octanol–water partition coefficient (Wildman–Crippen LogP) is 1.83. The van der Waals surface area contributed by atoms with Gasteiger partial charge in [0.2, 0.25) is 5.95 Å². The van der Waals surface area contributed by atoms with Gasteiger partial charge in [0.1, 0.15) is 0 Å². The Bertz CT molecular complexity index is 916. The predicted molar refractivity (Wildman–Crippen MR) is 99.6 cm³/mol. The molecule has 1 fully saturated rings. The van der Waals surface area contributed by atoms with Crippen LogP contribution in [0, 0.1) is 0 Å². The van der Waals surface area contributed by atoms with E-state index in [1.54, 1.807) is 18.2 Å². The second-order valence-corrected chi connectivity index (χ2v) is 8.48. The molecule has 1 aromatic heterocycles. The molecule has 1 aliphatic heterocycles. The van der Waals surface area contributed by atoms with Gasteiger partial charge in [0.05, 0.1) is 17.7 Å². The van der Waals surface area contributed by atoms with Crippen molar-refractivity contribution in [2.24, 2.45) is 0 Å². The fraction of sp³-hybridized carbons (Fsp3) is 0.412. The Morgan fingerprint density at radius 1 is 1.38 bits per heavy atom. The summed E-state index contributed by atoms with van der Waals surface area (Å²) in [6.45, 7) is 4.04. The number of nitrogens with one attached hydrogen (secondary N) is 1. The highest BCUT2D eigenvalue weighted by atomic mass is 32.2. The number of carbonyl (C=O) groups is 1. The smallest absolute Gasteiger partial charge is 0.247 e. The molecule has 2 heterocycles. The van der Waals surface area contributed by atoms with Crippen LogP contribution >= 0.6 is 0 Å². The van der Waals surface area contributed by atoms with Crippen LogP contribution in [-0.2, 0) is 9.84 Å². The molecule has 1 aliphatic rings. The number of sulfone groups is 1. The van der Waals surface area contributed by atoms with E-state index in [0.29, 0.717) is 30.3 Å². The molecule has 3 rings (SSSR count). The van der Waals surface area contributed by atoms with Crippen LogP contribution in [0.2, 0.25) is 0 Å². The van der Waals surface area contributed by atoms with Crippen LogP contribution in [0.3, 0.4) is 0 Å². The zero-order valence-electron chi connectivity index (χ0n) is 14.7. The van der Waals surface area contributed by atoms with Gasteiger partial charge in [0, 0.05) is 23.8 Å². The van der Waals surface area contributed by atoms with Crippen LogP contribution in [0.4, 0.5) is 17.5 Å². The molecule has 0 aliphatic carbocycles. The van der Waals surface area contributed by atoms with Crippen LogP contribution in [0.5, 0.6) is 0 Å². The van der Waals surface area contributed by atoms with Gasteiger partial charge < -0.3 is 10.2 Å². The summed E-state index contributed by atoms with van der Waals surface area (Å²) in [6.07, 6.45) is 2.06. The van der Waals surface area contributed by atoms with Gasteiger partial charge in [-0.25, -0.2) is 8.42 Å². The lowest BCUT2D eigenvalue weighted by Crippen LogP contribution is -2.37. The number of nitrogens with zero attached hydrogens (tertiary/aromatic N) is 4. The minimum Gasteiger partial charge on any atom is -0.339 e. The third kappa shape index (κ3) is 4.16. The first kappa shape index (κ1) is 18.2. The second-order valence-electron chi connectivity index (χ2n) is 6.25. The molecule has 0 radical (unpaired) electrons. The number of rotatable bonds is 6. The number of hydrogen-bond donors (Lipinski definition) is 1. The summed E-state index contributed by atoms with van der Waals surface area (Å²) in [7, 11) is -3.00. The van der Waals surface area contributed by atoms with Gasteiger partial charge in [-0.1, -0.05) is 12.1 Å². The average molecular weight is 375 g/mol. The molecule has 8 nitrogen and oxygen atoms in total. The molecule has 9 heteroatoms. The summed E-state index contributed by atoms with van der Waals surface area (Å²) in [5.74, 6) is 1.16. The summed E-state index contributed by atoms with van der Waals surface area (Å²) in [6, 6.07) is 6.97. The zero-order valence-corrected chi connectivity index (χ0v) is 15.5. The molecule has 1 aromatic carbocycles. The summed E-state index contributed by atoms with van der Waals surface area (Å²) < 4.78 is 23.5. The van der Waals surface area contributed by atoms with Crippen molar-refractivity contribution in [2.75, 3.05) is 28.3 Å². The number of hydrogen-bond acceptors (Lipinski definition) is 8. The van der Waals surface area contributed by atoms with E-state index in [-0.39, 0.29) is 23.3 Å². The molecule has 1 saturated heterocycles. The molecule has 0 amide bonds. The third-order valence-corrected chi connectivity index (χ3v) is 6.09. The Labute approximate surface area is 152 Å².